The van der Waals surface area contributed by atoms with E-state index in [0.717, 1.165) is 38.8 Å². The molecule has 0 bridgehead atoms. The van der Waals surface area contributed by atoms with Gasteiger partial charge in [-0.05, 0) is 25.7 Å². The van der Waals surface area contributed by atoms with E-state index < -0.39 is 0 Å². The fourth-order valence-electron chi connectivity index (χ4n) is 3.28. The minimum atomic E-state index is -0.0977. The molecule has 2 fully saturated rings. The Morgan fingerprint density at radius 3 is 2.70 bits per heavy atom. The zero-order valence-electron chi connectivity index (χ0n) is 13.6. The van der Waals surface area contributed by atoms with E-state index in [9.17, 15) is 4.79 Å². The number of carbonyl (C=O) groups is 1. The average Bonchev–Trinajstić information content (AvgIpc) is 2.97. The summed E-state index contributed by atoms with van der Waals surface area (Å²) in [5, 5.41) is 6.36. The van der Waals surface area contributed by atoms with Crippen LogP contribution in [0.4, 0.5) is 5.82 Å². The number of carbonyl (C=O) groups excluding carboxylic acids is 1. The predicted molar refractivity (Wildman–Crippen MR) is 88.5 cm³/mol. The summed E-state index contributed by atoms with van der Waals surface area (Å²) < 4.78 is 5.58. The number of anilines is 1. The molecule has 1 unspecified atom stereocenters. The van der Waals surface area contributed by atoms with Crippen molar-refractivity contribution in [3.05, 3.63) is 18.1 Å². The zero-order chi connectivity index (χ0) is 15.9. The molecule has 2 heterocycles. The fourth-order valence-corrected chi connectivity index (χ4v) is 3.28. The molecule has 1 saturated heterocycles. The maximum absolute atomic E-state index is 12.4. The molecule has 0 aromatic carbocycles. The van der Waals surface area contributed by atoms with Crippen molar-refractivity contribution >= 4 is 11.7 Å². The minimum absolute atomic E-state index is 0.0977. The largest absolute Gasteiger partial charge is 0.376 e. The summed E-state index contributed by atoms with van der Waals surface area (Å²) in [6.45, 7) is 1.56. The lowest BCUT2D eigenvalue weighted by Gasteiger charge is -2.16. The standard InChI is InChI=1S/C17H26N4O2/c22-17(21-13-6-3-1-2-4-7-13)15-10-16(20-12-19-15)18-11-14-8-5-9-23-14/h10,12-14H,1-9,11H2,(H,21,22)(H,18,19,20). The summed E-state index contributed by atoms with van der Waals surface area (Å²) in [5.74, 6) is 0.584. The first-order valence-corrected chi connectivity index (χ1v) is 8.79. The molecule has 1 aromatic heterocycles. The Morgan fingerprint density at radius 1 is 1.13 bits per heavy atom. The number of aromatic nitrogens is 2. The minimum Gasteiger partial charge on any atom is -0.376 e. The molecule has 126 valence electrons. The van der Waals surface area contributed by atoms with Gasteiger partial charge in [-0.15, -0.1) is 0 Å². The second-order valence-electron chi connectivity index (χ2n) is 6.47. The molecule has 1 aliphatic carbocycles. The van der Waals surface area contributed by atoms with E-state index in [1.54, 1.807) is 6.07 Å². The zero-order valence-corrected chi connectivity index (χ0v) is 13.6. The van der Waals surface area contributed by atoms with Crippen LogP contribution in [0.25, 0.3) is 0 Å². The lowest BCUT2D eigenvalue weighted by Crippen LogP contribution is -2.35. The fraction of sp³-hybridized carbons (Fsp3) is 0.706. The van der Waals surface area contributed by atoms with Gasteiger partial charge in [0.2, 0.25) is 0 Å². The third kappa shape index (κ3) is 4.89. The molecule has 3 rings (SSSR count). The molecule has 6 heteroatoms. The van der Waals surface area contributed by atoms with E-state index in [1.165, 1.54) is 32.0 Å². The number of ether oxygens (including phenoxy) is 1. The monoisotopic (exact) mass is 318 g/mol. The van der Waals surface area contributed by atoms with Gasteiger partial charge >= 0.3 is 0 Å². The van der Waals surface area contributed by atoms with E-state index in [1.807, 2.05) is 0 Å². The van der Waals surface area contributed by atoms with Crippen molar-refractivity contribution in [2.75, 3.05) is 18.5 Å². The van der Waals surface area contributed by atoms with Crippen LogP contribution in [0.1, 0.15) is 61.9 Å². The summed E-state index contributed by atoms with van der Waals surface area (Å²) in [5.41, 5.74) is 0.430. The first-order chi connectivity index (χ1) is 11.3. The Labute approximate surface area is 137 Å². The molecular formula is C17H26N4O2. The van der Waals surface area contributed by atoms with E-state index in [0.29, 0.717) is 11.5 Å². The number of nitrogens with zero attached hydrogens (tertiary/aromatic N) is 2. The molecule has 1 atom stereocenters. The van der Waals surface area contributed by atoms with Gasteiger partial charge in [-0.2, -0.15) is 0 Å². The lowest BCUT2D eigenvalue weighted by molar-refractivity contribution is 0.0928. The Hall–Kier alpha value is -1.69. The summed E-state index contributed by atoms with van der Waals surface area (Å²) >= 11 is 0. The summed E-state index contributed by atoms with van der Waals surface area (Å²) in [6.07, 6.45) is 11.0. The molecule has 1 aliphatic heterocycles. The van der Waals surface area contributed by atoms with E-state index >= 15 is 0 Å². The van der Waals surface area contributed by atoms with Crippen LogP contribution in [0, 0.1) is 0 Å². The van der Waals surface area contributed by atoms with Crippen LogP contribution in [-0.2, 0) is 4.74 Å². The highest BCUT2D eigenvalue weighted by atomic mass is 16.5. The van der Waals surface area contributed by atoms with Gasteiger partial charge in [0, 0.05) is 25.3 Å². The van der Waals surface area contributed by atoms with Gasteiger partial charge in [0.15, 0.2) is 0 Å². The first kappa shape index (κ1) is 16.2. The number of hydrogen-bond acceptors (Lipinski definition) is 5. The number of rotatable bonds is 5. The molecular weight excluding hydrogens is 292 g/mol. The van der Waals surface area contributed by atoms with E-state index in [2.05, 4.69) is 20.6 Å². The van der Waals surface area contributed by atoms with E-state index in [4.69, 9.17) is 4.74 Å². The van der Waals surface area contributed by atoms with Crippen molar-refractivity contribution in [1.82, 2.24) is 15.3 Å². The first-order valence-electron chi connectivity index (χ1n) is 8.79. The normalized spacial score (nSPS) is 22.5. The highest BCUT2D eigenvalue weighted by molar-refractivity contribution is 5.93. The van der Waals surface area contributed by atoms with Crippen LogP contribution < -0.4 is 10.6 Å². The summed E-state index contributed by atoms with van der Waals surface area (Å²) in [6, 6.07) is 2.00. The second-order valence-corrected chi connectivity index (χ2v) is 6.47. The van der Waals surface area contributed by atoms with Gasteiger partial charge in [0.1, 0.15) is 17.8 Å². The Kier molecular flexibility index (Phi) is 5.80. The number of nitrogens with one attached hydrogen (secondary N) is 2. The van der Waals surface area contributed by atoms with Gasteiger partial charge in [-0.1, -0.05) is 25.7 Å². The summed E-state index contributed by atoms with van der Waals surface area (Å²) in [7, 11) is 0. The topological polar surface area (TPSA) is 76.1 Å². The van der Waals surface area contributed by atoms with Crippen LogP contribution >= 0.6 is 0 Å². The molecule has 1 saturated carbocycles. The highest BCUT2D eigenvalue weighted by Gasteiger charge is 2.18. The van der Waals surface area contributed by atoms with Crippen LogP contribution in [0.3, 0.4) is 0 Å². The van der Waals surface area contributed by atoms with Crippen molar-refractivity contribution < 1.29 is 9.53 Å². The summed E-state index contributed by atoms with van der Waals surface area (Å²) in [4.78, 5) is 20.7. The molecule has 23 heavy (non-hydrogen) atoms. The molecule has 1 amide bonds. The highest BCUT2D eigenvalue weighted by Crippen LogP contribution is 2.18. The Balaban J connectivity index is 1.53. The van der Waals surface area contributed by atoms with Gasteiger partial charge < -0.3 is 15.4 Å². The van der Waals surface area contributed by atoms with Crippen LogP contribution in [0.15, 0.2) is 12.4 Å². The van der Waals surface area contributed by atoms with Crippen LogP contribution in [-0.4, -0.2) is 41.2 Å². The number of hydrogen-bond donors (Lipinski definition) is 2. The number of amides is 1. The van der Waals surface area contributed by atoms with Crippen molar-refractivity contribution in [1.29, 1.82) is 0 Å². The Bertz CT molecular complexity index is 509. The Morgan fingerprint density at radius 2 is 1.96 bits per heavy atom. The van der Waals surface area contributed by atoms with Crippen LogP contribution in [0.5, 0.6) is 0 Å². The maximum Gasteiger partial charge on any atom is 0.270 e. The molecule has 0 spiro atoms. The molecule has 2 N–H and O–H groups in total. The SMILES string of the molecule is O=C(NC1CCCCCC1)c1cc(NCC2CCCO2)ncn1. The van der Waals surface area contributed by atoms with Crippen molar-refractivity contribution in [2.45, 2.75) is 63.5 Å². The van der Waals surface area contributed by atoms with Crippen molar-refractivity contribution in [3.63, 3.8) is 0 Å². The van der Waals surface area contributed by atoms with Crippen molar-refractivity contribution in [3.8, 4) is 0 Å². The van der Waals surface area contributed by atoms with Gasteiger partial charge in [-0.25, -0.2) is 9.97 Å². The molecule has 2 aliphatic rings. The predicted octanol–water partition coefficient (Wildman–Crippen LogP) is 2.52. The third-order valence-electron chi connectivity index (χ3n) is 4.62. The maximum atomic E-state index is 12.4. The van der Waals surface area contributed by atoms with Crippen molar-refractivity contribution in [2.24, 2.45) is 0 Å². The quantitative estimate of drug-likeness (QED) is 0.816. The van der Waals surface area contributed by atoms with Gasteiger partial charge in [-0.3, -0.25) is 4.79 Å². The molecule has 1 aromatic rings. The molecule has 6 nitrogen and oxygen atoms in total. The van der Waals surface area contributed by atoms with Crippen LogP contribution in [0.2, 0.25) is 0 Å². The van der Waals surface area contributed by atoms with Gasteiger partial charge in [0.25, 0.3) is 5.91 Å². The van der Waals surface area contributed by atoms with Gasteiger partial charge in [0.05, 0.1) is 6.10 Å². The third-order valence-corrected chi connectivity index (χ3v) is 4.62. The average molecular weight is 318 g/mol. The smallest absolute Gasteiger partial charge is 0.270 e. The van der Waals surface area contributed by atoms with E-state index in [-0.39, 0.29) is 18.1 Å². The molecule has 0 radical (unpaired) electrons. The second kappa shape index (κ2) is 8.24. The lowest BCUT2D eigenvalue weighted by atomic mass is 10.1.